The summed E-state index contributed by atoms with van der Waals surface area (Å²) in [5.41, 5.74) is 0. The monoisotopic (exact) mass is 189 g/mol. The Balaban J connectivity index is 2.72. The highest BCUT2D eigenvalue weighted by Gasteiger charge is 2.34. The van der Waals surface area contributed by atoms with Gasteiger partial charge in [-0.3, -0.25) is 4.79 Å². The minimum Gasteiger partial charge on any atom is -0.480 e. The van der Waals surface area contributed by atoms with E-state index in [1.807, 2.05) is 0 Å². The molecule has 1 aliphatic rings. The molecule has 0 bridgehead atoms. The van der Waals surface area contributed by atoms with Gasteiger partial charge in [-0.2, -0.15) is 0 Å². The molecule has 1 heterocycles. The Labute approximate surface area is 75.3 Å². The number of carboxylic acid groups (broad SMARTS) is 1. The van der Waals surface area contributed by atoms with Gasteiger partial charge in [0.25, 0.3) is 0 Å². The number of carboxylic acids is 1. The van der Waals surface area contributed by atoms with Gasteiger partial charge in [-0.15, -0.1) is 0 Å². The van der Waals surface area contributed by atoms with Crippen molar-refractivity contribution in [1.82, 2.24) is 4.90 Å². The van der Waals surface area contributed by atoms with E-state index >= 15 is 0 Å². The van der Waals surface area contributed by atoms with Crippen LogP contribution >= 0.6 is 0 Å². The second-order valence-electron chi connectivity index (χ2n) is 3.20. The fraction of sp³-hybridized carbons (Fsp3) is 0.750. The number of carbonyl (C=O) groups excluding carboxylic acids is 1. The predicted octanol–water partition coefficient (Wildman–Crippen LogP) is 0.420. The van der Waals surface area contributed by atoms with Crippen molar-refractivity contribution < 1.29 is 19.1 Å². The van der Waals surface area contributed by atoms with Crippen molar-refractivity contribution in [3.8, 4) is 0 Å². The van der Waals surface area contributed by atoms with Gasteiger partial charge in [0.05, 0.1) is 6.54 Å². The number of aliphatic carboxylic acids is 1. The van der Waals surface area contributed by atoms with E-state index in [0.717, 1.165) is 4.90 Å². The zero-order valence-corrected chi connectivity index (χ0v) is 7.36. The Bertz CT molecular complexity index is 231. The third-order valence-electron chi connectivity index (χ3n) is 2.21. The molecule has 13 heavy (non-hydrogen) atoms. The Morgan fingerprint density at radius 2 is 2.08 bits per heavy atom. The first kappa shape index (κ1) is 9.95. The van der Waals surface area contributed by atoms with Crippen molar-refractivity contribution in [3.63, 3.8) is 0 Å². The third-order valence-corrected chi connectivity index (χ3v) is 2.21. The van der Waals surface area contributed by atoms with Gasteiger partial charge in [0, 0.05) is 6.92 Å². The van der Waals surface area contributed by atoms with E-state index in [-0.39, 0.29) is 25.3 Å². The first-order valence-corrected chi connectivity index (χ1v) is 4.16. The van der Waals surface area contributed by atoms with Crippen LogP contribution < -0.4 is 0 Å². The molecule has 1 amide bonds. The highest BCUT2D eigenvalue weighted by Crippen LogP contribution is 2.19. The molecule has 1 rings (SSSR count). The molecule has 0 aromatic rings. The van der Waals surface area contributed by atoms with Crippen LogP contribution in [0.2, 0.25) is 0 Å². The number of rotatable bonds is 1. The summed E-state index contributed by atoms with van der Waals surface area (Å²) in [5.74, 6) is -1.43. The Morgan fingerprint density at radius 3 is 2.54 bits per heavy atom. The van der Waals surface area contributed by atoms with Gasteiger partial charge in [0.1, 0.15) is 12.2 Å². The van der Waals surface area contributed by atoms with E-state index in [9.17, 15) is 14.0 Å². The lowest BCUT2D eigenvalue weighted by atomic mass is 10.0. The Hall–Kier alpha value is -1.13. The number of nitrogens with zero attached hydrogens (tertiary/aromatic N) is 1. The number of piperidine rings is 1. The van der Waals surface area contributed by atoms with E-state index in [2.05, 4.69) is 0 Å². The molecule has 5 heteroatoms. The number of amides is 1. The van der Waals surface area contributed by atoms with Crippen LogP contribution in [0.25, 0.3) is 0 Å². The topological polar surface area (TPSA) is 57.6 Å². The maximum Gasteiger partial charge on any atom is 0.326 e. The molecular formula is C8H12FNO3. The number of hydrogen-bond acceptors (Lipinski definition) is 2. The van der Waals surface area contributed by atoms with Crippen LogP contribution in [0.5, 0.6) is 0 Å². The van der Waals surface area contributed by atoms with Crippen LogP contribution in [0, 0.1) is 0 Å². The first-order chi connectivity index (χ1) is 6.02. The second kappa shape index (κ2) is 3.72. The molecule has 1 aliphatic heterocycles. The second-order valence-corrected chi connectivity index (χ2v) is 3.20. The summed E-state index contributed by atoms with van der Waals surface area (Å²) in [6, 6.07) is -0.843. The average molecular weight is 189 g/mol. The van der Waals surface area contributed by atoms with Crippen LogP contribution in [0.15, 0.2) is 0 Å². The minimum atomic E-state index is -1.08. The highest BCUT2D eigenvalue weighted by molar-refractivity contribution is 5.82. The lowest BCUT2D eigenvalue weighted by Gasteiger charge is -2.33. The molecule has 0 saturated carbocycles. The van der Waals surface area contributed by atoms with Gasteiger partial charge >= 0.3 is 5.97 Å². The van der Waals surface area contributed by atoms with Crippen molar-refractivity contribution in [2.45, 2.75) is 32.0 Å². The van der Waals surface area contributed by atoms with E-state index < -0.39 is 18.2 Å². The lowest BCUT2D eigenvalue weighted by molar-refractivity contribution is -0.152. The number of halogens is 1. The van der Waals surface area contributed by atoms with E-state index in [1.54, 1.807) is 0 Å². The maximum atomic E-state index is 12.8. The van der Waals surface area contributed by atoms with Gasteiger partial charge < -0.3 is 10.0 Å². The molecule has 0 radical (unpaired) electrons. The van der Waals surface area contributed by atoms with Crippen LogP contribution in [-0.4, -0.2) is 40.6 Å². The quantitative estimate of drug-likeness (QED) is 0.650. The van der Waals surface area contributed by atoms with Crippen molar-refractivity contribution in [2.75, 3.05) is 6.54 Å². The largest absolute Gasteiger partial charge is 0.480 e. The SMILES string of the molecule is CC(=O)N1CC(F)CCC1C(=O)O. The smallest absolute Gasteiger partial charge is 0.326 e. The summed E-state index contributed by atoms with van der Waals surface area (Å²) in [5, 5.41) is 8.73. The average Bonchev–Trinajstić information content (AvgIpc) is 2.03. The van der Waals surface area contributed by atoms with Gasteiger partial charge in [-0.25, -0.2) is 9.18 Å². The van der Waals surface area contributed by atoms with Crippen LogP contribution in [0.4, 0.5) is 4.39 Å². The summed E-state index contributed by atoms with van der Waals surface area (Å²) < 4.78 is 12.8. The Morgan fingerprint density at radius 1 is 1.46 bits per heavy atom. The summed E-state index contributed by atoms with van der Waals surface area (Å²) in [6.07, 6.45) is -0.656. The van der Waals surface area contributed by atoms with Crippen LogP contribution in [0.1, 0.15) is 19.8 Å². The van der Waals surface area contributed by atoms with E-state index in [0.29, 0.717) is 0 Å². The molecule has 74 valence electrons. The first-order valence-electron chi connectivity index (χ1n) is 4.16. The van der Waals surface area contributed by atoms with Crippen LogP contribution in [-0.2, 0) is 9.59 Å². The fourth-order valence-corrected chi connectivity index (χ4v) is 1.53. The van der Waals surface area contributed by atoms with E-state index in [4.69, 9.17) is 5.11 Å². The summed E-state index contributed by atoms with van der Waals surface area (Å²) >= 11 is 0. The van der Waals surface area contributed by atoms with Gasteiger partial charge in [0.2, 0.25) is 5.91 Å². The fourth-order valence-electron chi connectivity index (χ4n) is 1.53. The molecule has 4 nitrogen and oxygen atoms in total. The summed E-state index contributed by atoms with van der Waals surface area (Å²) in [6.45, 7) is 1.17. The molecule has 0 aromatic heterocycles. The molecule has 1 fully saturated rings. The van der Waals surface area contributed by atoms with Crippen molar-refractivity contribution in [3.05, 3.63) is 0 Å². The van der Waals surface area contributed by atoms with Crippen LogP contribution in [0.3, 0.4) is 0 Å². The standard InChI is InChI=1S/C8H12FNO3/c1-5(11)10-4-6(9)2-3-7(10)8(12)13/h6-7H,2-4H2,1H3,(H,12,13). The maximum absolute atomic E-state index is 12.8. The molecule has 0 aliphatic carbocycles. The summed E-state index contributed by atoms with van der Waals surface area (Å²) in [4.78, 5) is 22.7. The van der Waals surface area contributed by atoms with E-state index in [1.165, 1.54) is 6.92 Å². The molecule has 2 atom stereocenters. The van der Waals surface area contributed by atoms with Gasteiger partial charge in [-0.05, 0) is 12.8 Å². The van der Waals surface area contributed by atoms with Crippen molar-refractivity contribution in [2.24, 2.45) is 0 Å². The van der Waals surface area contributed by atoms with Crippen molar-refractivity contribution in [1.29, 1.82) is 0 Å². The normalized spacial score (nSPS) is 28.6. The molecule has 2 unspecified atom stereocenters. The molecule has 0 spiro atoms. The zero-order chi connectivity index (χ0) is 10.0. The predicted molar refractivity (Wildman–Crippen MR) is 42.9 cm³/mol. The third kappa shape index (κ3) is 2.17. The molecular weight excluding hydrogens is 177 g/mol. The number of alkyl halides is 1. The molecule has 1 N–H and O–H groups in total. The number of carbonyl (C=O) groups is 2. The van der Waals surface area contributed by atoms with Gasteiger partial charge in [0.15, 0.2) is 0 Å². The number of likely N-dealkylation sites (tertiary alicyclic amines) is 1. The molecule has 0 aromatic carbocycles. The van der Waals surface area contributed by atoms with Gasteiger partial charge in [-0.1, -0.05) is 0 Å². The Kier molecular flexibility index (Phi) is 2.85. The lowest BCUT2D eigenvalue weighted by Crippen LogP contribution is -2.50. The molecule has 1 saturated heterocycles. The zero-order valence-electron chi connectivity index (χ0n) is 7.36. The summed E-state index contributed by atoms with van der Waals surface area (Å²) in [7, 11) is 0. The highest BCUT2D eigenvalue weighted by atomic mass is 19.1. The minimum absolute atomic E-state index is 0.0910. The van der Waals surface area contributed by atoms with Crippen molar-refractivity contribution >= 4 is 11.9 Å². The number of hydrogen-bond donors (Lipinski definition) is 1.